The third-order valence-corrected chi connectivity index (χ3v) is 2.65. The van der Waals surface area contributed by atoms with E-state index in [1.807, 2.05) is 19.1 Å². The molecule has 0 aliphatic carbocycles. The van der Waals surface area contributed by atoms with Gasteiger partial charge >= 0.3 is 0 Å². The Bertz CT molecular complexity index is 619. The van der Waals surface area contributed by atoms with E-state index in [0.717, 1.165) is 11.5 Å². The molecule has 1 N–H and O–H groups in total. The number of hydrogen-bond acceptors (Lipinski definition) is 5. The van der Waals surface area contributed by atoms with Gasteiger partial charge in [-0.05, 0) is 25.1 Å². The maximum absolute atomic E-state index is 9.11. The van der Waals surface area contributed by atoms with Crippen molar-refractivity contribution < 1.29 is 4.74 Å². The summed E-state index contributed by atoms with van der Waals surface area (Å²) in [6, 6.07) is 9.33. The summed E-state index contributed by atoms with van der Waals surface area (Å²) in [4.78, 5) is 8.35. The molecule has 0 aliphatic heterocycles. The summed E-state index contributed by atoms with van der Waals surface area (Å²) >= 11 is 0. The van der Waals surface area contributed by atoms with Crippen LogP contribution >= 0.6 is 0 Å². The highest BCUT2D eigenvalue weighted by Crippen LogP contribution is 2.28. The first-order valence-electron chi connectivity index (χ1n) is 5.84. The Labute approximate surface area is 111 Å². The van der Waals surface area contributed by atoms with Gasteiger partial charge in [0.2, 0.25) is 0 Å². The van der Waals surface area contributed by atoms with Crippen LogP contribution in [0, 0.1) is 18.3 Å². The number of para-hydroxylation sites is 1. The summed E-state index contributed by atoms with van der Waals surface area (Å²) in [5, 5.41) is 12.3. The highest BCUT2D eigenvalue weighted by atomic mass is 16.5. The SMILES string of the molecule is COc1cccc(C#N)c1NCc1ccnc(C)n1. The number of nitrogens with zero attached hydrogens (tertiary/aromatic N) is 3. The van der Waals surface area contributed by atoms with Crippen molar-refractivity contribution in [1.82, 2.24) is 9.97 Å². The van der Waals surface area contributed by atoms with E-state index in [-0.39, 0.29) is 0 Å². The lowest BCUT2D eigenvalue weighted by atomic mass is 10.1. The summed E-state index contributed by atoms with van der Waals surface area (Å²) in [7, 11) is 1.58. The number of anilines is 1. The minimum absolute atomic E-state index is 0.512. The van der Waals surface area contributed by atoms with Crippen molar-refractivity contribution >= 4 is 5.69 Å². The van der Waals surface area contributed by atoms with Crippen LogP contribution in [0.3, 0.4) is 0 Å². The molecule has 5 nitrogen and oxygen atoms in total. The predicted molar refractivity (Wildman–Crippen MR) is 71.8 cm³/mol. The van der Waals surface area contributed by atoms with E-state index in [1.165, 1.54) is 0 Å². The molecule has 0 atom stereocenters. The Morgan fingerprint density at radius 1 is 1.37 bits per heavy atom. The molecule has 2 rings (SSSR count). The van der Waals surface area contributed by atoms with Gasteiger partial charge < -0.3 is 10.1 Å². The monoisotopic (exact) mass is 254 g/mol. The maximum Gasteiger partial charge on any atom is 0.143 e. The molecule has 0 saturated carbocycles. The van der Waals surface area contributed by atoms with Gasteiger partial charge in [-0.1, -0.05) is 6.07 Å². The molecule has 5 heteroatoms. The Balaban J connectivity index is 2.22. The number of aromatic nitrogens is 2. The first-order chi connectivity index (χ1) is 9.24. The number of benzene rings is 1. The topological polar surface area (TPSA) is 70.8 Å². The van der Waals surface area contributed by atoms with Gasteiger partial charge in [-0.2, -0.15) is 5.26 Å². The van der Waals surface area contributed by atoms with Gasteiger partial charge in [0.1, 0.15) is 17.6 Å². The molecule has 0 fully saturated rings. The summed E-state index contributed by atoms with van der Waals surface area (Å²) in [5.41, 5.74) is 2.09. The Morgan fingerprint density at radius 2 is 2.21 bits per heavy atom. The second kappa shape index (κ2) is 5.83. The van der Waals surface area contributed by atoms with E-state index in [9.17, 15) is 0 Å². The molecule has 0 spiro atoms. The molecule has 96 valence electrons. The highest BCUT2D eigenvalue weighted by Gasteiger charge is 2.08. The Kier molecular flexibility index (Phi) is 3.94. The van der Waals surface area contributed by atoms with Crippen molar-refractivity contribution in [3.8, 4) is 11.8 Å². The third-order valence-electron chi connectivity index (χ3n) is 2.65. The highest BCUT2D eigenvalue weighted by molar-refractivity contribution is 5.66. The van der Waals surface area contributed by atoms with E-state index < -0.39 is 0 Å². The number of ether oxygens (including phenoxy) is 1. The van der Waals surface area contributed by atoms with E-state index in [1.54, 1.807) is 25.4 Å². The normalized spacial score (nSPS) is 9.74. The number of aryl methyl sites for hydroxylation is 1. The van der Waals surface area contributed by atoms with Gasteiger partial charge in [-0.15, -0.1) is 0 Å². The lowest BCUT2D eigenvalue weighted by Crippen LogP contribution is -2.06. The van der Waals surface area contributed by atoms with Gasteiger partial charge in [-0.3, -0.25) is 0 Å². The summed E-state index contributed by atoms with van der Waals surface area (Å²) in [5.74, 6) is 1.37. The first kappa shape index (κ1) is 12.8. The van der Waals surface area contributed by atoms with Crippen LogP contribution in [0.5, 0.6) is 5.75 Å². The number of rotatable bonds is 4. The second-order valence-electron chi connectivity index (χ2n) is 3.94. The van der Waals surface area contributed by atoms with Crippen LogP contribution in [0.4, 0.5) is 5.69 Å². The molecule has 0 bridgehead atoms. The lowest BCUT2D eigenvalue weighted by Gasteiger charge is -2.12. The molecule has 19 heavy (non-hydrogen) atoms. The number of nitrogens with one attached hydrogen (secondary N) is 1. The number of methoxy groups -OCH3 is 1. The van der Waals surface area contributed by atoms with E-state index in [0.29, 0.717) is 23.5 Å². The van der Waals surface area contributed by atoms with Crippen LogP contribution in [0.25, 0.3) is 0 Å². The van der Waals surface area contributed by atoms with Crippen LogP contribution in [0.1, 0.15) is 17.1 Å². The summed E-state index contributed by atoms with van der Waals surface area (Å²) in [6.07, 6.45) is 1.72. The molecule has 1 aromatic carbocycles. The van der Waals surface area contributed by atoms with Crippen LogP contribution < -0.4 is 10.1 Å². The van der Waals surface area contributed by atoms with Crippen molar-refractivity contribution in [3.63, 3.8) is 0 Å². The molecule has 1 aromatic heterocycles. The predicted octanol–water partition coefficient (Wildman–Crippen LogP) is 2.28. The van der Waals surface area contributed by atoms with Gasteiger partial charge in [-0.25, -0.2) is 9.97 Å². The van der Waals surface area contributed by atoms with Crippen LogP contribution in [-0.2, 0) is 6.54 Å². The number of hydrogen-bond donors (Lipinski definition) is 1. The minimum Gasteiger partial charge on any atom is -0.495 e. The van der Waals surface area contributed by atoms with Crippen LogP contribution in [0.15, 0.2) is 30.5 Å². The largest absolute Gasteiger partial charge is 0.495 e. The Hall–Kier alpha value is -2.61. The maximum atomic E-state index is 9.11. The average Bonchev–Trinajstić information content (AvgIpc) is 2.44. The van der Waals surface area contributed by atoms with Crippen molar-refractivity contribution in [2.24, 2.45) is 0 Å². The van der Waals surface area contributed by atoms with E-state index in [4.69, 9.17) is 10.00 Å². The fourth-order valence-corrected chi connectivity index (χ4v) is 1.76. The smallest absolute Gasteiger partial charge is 0.143 e. The minimum atomic E-state index is 0.512. The van der Waals surface area contributed by atoms with Crippen molar-refractivity contribution in [2.75, 3.05) is 12.4 Å². The molecule has 1 heterocycles. The summed E-state index contributed by atoms with van der Waals surface area (Å²) < 4.78 is 5.25. The second-order valence-corrected chi connectivity index (χ2v) is 3.94. The molecule has 0 saturated heterocycles. The molecular formula is C14H14N4O. The molecule has 0 aliphatic rings. The van der Waals surface area contributed by atoms with Crippen LogP contribution in [0.2, 0.25) is 0 Å². The standard InChI is InChI=1S/C14H14N4O/c1-10-16-7-6-12(18-10)9-17-14-11(8-15)4-3-5-13(14)19-2/h3-7,17H,9H2,1-2H3. The van der Waals surface area contributed by atoms with Crippen molar-refractivity contribution in [3.05, 3.63) is 47.5 Å². The molecule has 2 aromatic rings. The zero-order chi connectivity index (χ0) is 13.7. The van der Waals surface area contributed by atoms with Crippen LogP contribution in [-0.4, -0.2) is 17.1 Å². The zero-order valence-corrected chi connectivity index (χ0v) is 10.8. The molecule has 0 amide bonds. The third kappa shape index (κ3) is 2.99. The molecule has 0 unspecified atom stereocenters. The molecular weight excluding hydrogens is 240 g/mol. The van der Waals surface area contributed by atoms with Gasteiger partial charge in [0.15, 0.2) is 0 Å². The van der Waals surface area contributed by atoms with Crippen molar-refractivity contribution in [2.45, 2.75) is 13.5 Å². The zero-order valence-electron chi connectivity index (χ0n) is 10.8. The average molecular weight is 254 g/mol. The molecule has 0 radical (unpaired) electrons. The van der Waals surface area contributed by atoms with Crippen molar-refractivity contribution in [1.29, 1.82) is 5.26 Å². The quantitative estimate of drug-likeness (QED) is 0.906. The van der Waals surface area contributed by atoms with E-state index >= 15 is 0 Å². The van der Waals surface area contributed by atoms with Gasteiger partial charge in [0.25, 0.3) is 0 Å². The summed E-state index contributed by atoms with van der Waals surface area (Å²) in [6.45, 7) is 2.35. The van der Waals surface area contributed by atoms with Gasteiger partial charge in [0, 0.05) is 6.20 Å². The van der Waals surface area contributed by atoms with E-state index in [2.05, 4.69) is 21.4 Å². The fourth-order valence-electron chi connectivity index (χ4n) is 1.76. The Morgan fingerprint density at radius 3 is 2.89 bits per heavy atom. The van der Waals surface area contributed by atoms with Gasteiger partial charge in [0.05, 0.1) is 30.6 Å². The first-order valence-corrected chi connectivity index (χ1v) is 5.84. The number of nitriles is 1. The lowest BCUT2D eigenvalue weighted by molar-refractivity contribution is 0.416. The fraction of sp³-hybridized carbons (Fsp3) is 0.214.